The fourth-order valence-corrected chi connectivity index (χ4v) is 1.89. The molecule has 0 amide bonds. The van der Waals surface area contributed by atoms with Crippen LogP contribution in [-0.4, -0.2) is 30.6 Å². The molecule has 4 nitrogen and oxygen atoms in total. The lowest BCUT2D eigenvalue weighted by Gasteiger charge is -2.11. The first-order valence-electron chi connectivity index (χ1n) is 7.38. The topological polar surface area (TPSA) is 49.3 Å². The van der Waals surface area contributed by atoms with Crippen LogP contribution in [-0.2, 0) is 6.42 Å². The summed E-state index contributed by atoms with van der Waals surface area (Å²) >= 11 is 5.76. The number of aliphatic imine (C=N–C) groups is 1. The van der Waals surface area contributed by atoms with Crippen molar-refractivity contribution in [2.24, 2.45) is 4.99 Å². The van der Waals surface area contributed by atoms with Gasteiger partial charge in [0.15, 0.2) is 5.96 Å². The third-order valence-electron chi connectivity index (χ3n) is 2.87. The Hall–Kier alpha value is -0.560. The molecule has 0 saturated carbocycles. The van der Waals surface area contributed by atoms with Gasteiger partial charge in [0, 0.05) is 25.8 Å². The summed E-state index contributed by atoms with van der Waals surface area (Å²) in [7, 11) is 0. The minimum absolute atomic E-state index is 0. The van der Waals surface area contributed by atoms with Gasteiger partial charge in [-0.3, -0.25) is 4.99 Å². The molecule has 1 rings (SSSR count). The third kappa shape index (κ3) is 9.90. The lowest BCUT2D eigenvalue weighted by Crippen LogP contribution is -2.38. The van der Waals surface area contributed by atoms with Crippen molar-refractivity contribution in [1.82, 2.24) is 15.6 Å². The second-order valence-electron chi connectivity index (χ2n) is 4.63. The van der Waals surface area contributed by atoms with E-state index >= 15 is 0 Å². The van der Waals surface area contributed by atoms with E-state index in [1.807, 2.05) is 18.3 Å². The molecule has 0 aliphatic carbocycles. The van der Waals surface area contributed by atoms with Gasteiger partial charge < -0.3 is 10.6 Å². The van der Waals surface area contributed by atoms with Crippen molar-refractivity contribution in [1.29, 1.82) is 0 Å². The van der Waals surface area contributed by atoms with Crippen molar-refractivity contribution in [3.05, 3.63) is 29.0 Å². The standard InChI is InChI=1S/C15H25ClN4.HI/c1-3-5-6-10-18-15(17-4-2)19-11-9-13-7-8-14(16)20-12-13;/h7-8,12H,3-6,9-11H2,1-2H3,(H2,17,18,19);1H. The lowest BCUT2D eigenvalue weighted by molar-refractivity contribution is 0.716. The van der Waals surface area contributed by atoms with Gasteiger partial charge in [0.2, 0.25) is 0 Å². The number of halogens is 2. The Kier molecular flexibility index (Phi) is 12.8. The van der Waals surface area contributed by atoms with Gasteiger partial charge >= 0.3 is 0 Å². The smallest absolute Gasteiger partial charge is 0.191 e. The predicted octanol–water partition coefficient (Wildman–Crippen LogP) is 3.64. The molecule has 0 spiro atoms. The number of hydrogen-bond donors (Lipinski definition) is 2. The molecule has 0 bridgehead atoms. The van der Waals surface area contributed by atoms with E-state index in [9.17, 15) is 0 Å². The van der Waals surface area contributed by atoms with Gasteiger partial charge in [-0.15, -0.1) is 24.0 Å². The highest BCUT2D eigenvalue weighted by molar-refractivity contribution is 14.0. The van der Waals surface area contributed by atoms with Gasteiger partial charge in [-0.1, -0.05) is 37.4 Å². The second-order valence-corrected chi connectivity index (χ2v) is 5.02. The van der Waals surface area contributed by atoms with Crippen LogP contribution in [0, 0.1) is 0 Å². The Morgan fingerprint density at radius 2 is 2.05 bits per heavy atom. The zero-order valence-electron chi connectivity index (χ0n) is 12.9. The van der Waals surface area contributed by atoms with Crippen LogP contribution in [0.15, 0.2) is 23.3 Å². The molecule has 0 aliphatic rings. The molecular formula is C15H26ClIN4. The van der Waals surface area contributed by atoms with E-state index in [2.05, 4.69) is 34.5 Å². The number of aromatic nitrogens is 1. The molecule has 6 heteroatoms. The highest BCUT2D eigenvalue weighted by atomic mass is 127. The van der Waals surface area contributed by atoms with Crippen LogP contribution in [0.1, 0.15) is 38.7 Å². The summed E-state index contributed by atoms with van der Waals surface area (Å²) in [6.45, 7) is 6.87. The Balaban J connectivity index is 0.00000400. The number of unbranched alkanes of at least 4 members (excludes halogenated alkanes) is 2. The molecule has 1 aromatic rings. The summed E-state index contributed by atoms with van der Waals surface area (Å²) in [5.41, 5.74) is 1.17. The Morgan fingerprint density at radius 3 is 2.67 bits per heavy atom. The van der Waals surface area contributed by atoms with Crippen LogP contribution < -0.4 is 10.6 Å². The summed E-state index contributed by atoms with van der Waals surface area (Å²) in [6.07, 6.45) is 6.33. The van der Waals surface area contributed by atoms with E-state index in [1.165, 1.54) is 18.4 Å². The van der Waals surface area contributed by atoms with Gasteiger partial charge in [-0.25, -0.2) is 4.98 Å². The molecular weight excluding hydrogens is 399 g/mol. The Bertz CT molecular complexity index is 395. The Morgan fingerprint density at radius 1 is 1.24 bits per heavy atom. The highest BCUT2D eigenvalue weighted by Gasteiger charge is 1.98. The quantitative estimate of drug-likeness (QED) is 0.220. The van der Waals surface area contributed by atoms with Crippen molar-refractivity contribution in [3.8, 4) is 0 Å². The largest absolute Gasteiger partial charge is 0.357 e. The van der Waals surface area contributed by atoms with E-state index in [4.69, 9.17) is 11.6 Å². The van der Waals surface area contributed by atoms with Crippen LogP contribution in [0.5, 0.6) is 0 Å². The maximum absolute atomic E-state index is 5.76. The molecule has 0 unspecified atom stereocenters. The van der Waals surface area contributed by atoms with Gasteiger partial charge in [0.05, 0.1) is 0 Å². The van der Waals surface area contributed by atoms with E-state index in [-0.39, 0.29) is 24.0 Å². The van der Waals surface area contributed by atoms with Crippen molar-refractivity contribution in [2.75, 3.05) is 19.6 Å². The fourth-order valence-electron chi connectivity index (χ4n) is 1.77. The average molecular weight is 425 g/mol. The van der Waals surface area contributed by atoms with Crippen LogP contribution in [0.25, 0.3) is 0 Å². The molecule has 0 fully saturated rings. The second kappa shape index (κ2) is 13.1. The first-order valence-corrected chi connectivity index (χ1v) is 7.76. The molecule has 0 aliphatic heterocycles. The van der Waals surface area contributed by atoms with Crippen molar-refractivity contribution >= 4 is 41.5 Å². The summed E-state index contributed by atoms with van der Waals surface area (Å²) in [5.74, 6) is 0.894. The monoisotopic (exact) mass is 424 g/mol. The summed E-state index contributed by atoms with van der Waals surface area (Å²) in [4.78, 5) is 8.63. The first kappa shape index (κ1) is 20.4. The molecule has 1 aromatic heterocycles. The average Bonchev–Trinajstić information content (AvgIpc) is 2.45. The van der Waals surface area contributed by atoms with E-state index in [1.54, 1.807) is 0 Å². The number of nitrogens with one attached hydrogen (secondary N) is 2. The zero-order chi connectivity index (χ0) is 14.6. The van der Waals surface area contributed by atoms with Crippen LogP contribution in [0.4, 0.5) is 0 Å². The van der Waals surface area contributed by atoms with E-state index in [0.29, 0.717) is 5.15 Å². The SMILES string of the molecule is CCCCCN=C(NCC)NCCc1ccc(Cl)nc1.I. The van der Waals surface area contributed by atoms with Crippen molar-refractivity contribution < 1.29 is 0 Å². The Labute approximate surface area is 150 Å². The normalized spacial score (nSPS) is 10.9. The highest BCUT2D eigenvalue weighted by Crippen LogP contribution is 2.05. The molecule has 2 N–H and O–H groups in total. The van der Waals surface area contributed by atoms with Gasteiger partial charge in [-0.2, -0.15) is 0 Å². The van der Waals surface area contributed by atoms with Crippen LogP contribution >= 0.6 is 35.6 Å². The zero-order valence-corrected chi connectivity index (χ0v) is 15.9. The molecule has 120 valence electrons. The maximum Gasteiger partial charge on any atom is 0.191 e. The van der Waals surface area contributed by atoms with E-state index < -0.39 is 0 Å². The van der Waals surface area contributed by atoms with Crippen LogP contribution in [0.3, 0.4) is 0 Å². The van der Waals surface area contributed by atoms with Gasteiger partial charge in [0.1, 0.15) is 5.15 Å². The van der Waals surface area contributed by atoms with E-state index in [0.717, 1.165) is 38.4 Å². The van der Waals surface area contributed by atoms with Gasteiger partial charge in [-0.05, 0) is 31.4 Å². The fraction of sp³-hybridized carbons (Fsp3) is 0.600. The number of guanidine groups is 1. The number of rotatable bonds is 8. The molecule has 0 radical (unpaired) electrons. The molecule has 0 saturated heterocycles. The third-order valence-corrected chi connectivity index (χ3v) is 3.09. The summed E-state index contributed by atoms with van der Waals surface area (Å²) in [6, 6.07) is 3.82. The minimum Gasteiger partial charge on any atom is -0.357 e. The van der Waals surface area contributed by atoms with Crippen molar-refractivity contribution in [3.63, 3.8) is 0 Å². The number of pyridine rings is 1. The molecule has 21 heavy (non-hydrogen) atoms. The molecule has 1 heterocycles. The summed E-state index contributed by atoms with van der Waals surface area (Å²) < 4.78 is 0. The number of hydrogen-bond acceptors (Lipinski definition) is 2. The lowest BCUT2D eigenvalue weighted by atomic mass is 10.2. The number of nitrogens with zero attached hydrogens (tertiary/aromatic N) is 2. The summed E-state index contributed by atoms with van der Waals surface area (Å²) in [5, 5.41) is 7.13. The predicted molar refractivity (Wildman–Crippen MR) is 102 cm³/mol. The maximum atomic E-state index is 5.76. The molecule has 0 atom stereocenters. The van der Waals surface area contributed by atoms with Crippen LogP contribution in [0.2, 0.25) is 5.15 Å². The van der Waals surface area contributed by atoms with Gasteiger partial charge in [0.25, 0.3) is 0 Å². The van der Waals surface area contributed by atoms with Crippen molar-refractivity contribution in [2.45, 2.75) is 39.5 Å². The molecule has 0 aromatic carbocycles. The first-order chi connectivity index (χ1) is 9.76. The minimum atomic E-state index is 0.